The predicted molar refractivity (Wildman–Crippen MR) is 126 cm³/mol. The van der Waals surface area contributed by atoms with Gasteiger partial charge < -0.3 is 19.8 Å². The number of likely N-dealkylation sites (tertiary alicyclic amines) is 1. The molecule has 0 unspecified atom stereocenters. The van der Waals surface area contributed by atoms with Gasteiger partial charge in [-0.05, 0) is 49.9 Å². The van der Waals surface area contributed by atoms with Gasteiger partial charge in [-0.15, -0.1) is 0 Å². The highest BCUT2D eigenvalue weighted by Gasteiger charge is 2.50. The van der Waals surface area contributed by atoms with Crippen LogP contribution in [0.1, 0.15) is 41.0 Å². The first-order valence-electron chi connectivity index (χ1n) is 11.8. The molecule has 4 rings (SSSR count). The number of rotatable bonds is 5. The molecule has 2 N–H and O–H groups in total. The Morgan fingerprint density at radius 2 is 1.68 bits per heavy atom. The van der Waals surface area contributed by atoms with Gasteiger partial charge in [0.25, 0.3) is 5.91 Å². The minimum atomic E-state index is -5.08. The normalized spacial score (nSPS) is 20.0. The quantitative estimate of drug-likeness (QED) is 0.495. The first-order valence-corrected chi connectivity index (χ1v) is 11.8. The fraction of sp³-hybridized carbons (Fsp3) is 0.480. The molecule has 0 radical (unpaired) electrons. The van der Waals surface area contributed by atoms with Gasteiger partial charge in [0.05, 0.1) is 24.5 Å². The summed E-state index contributed by atoms with van der Waals surface area (Å²) in [6.45, 7) is 4.84. The van der Waals surface area contributed by atoms with Crippen LogP contribution in [0.3, 0.4) is 0 Å². The molecule has 9 nitrogen and oxygen atoms in total. The summed E-state index contributed by atoms with van der Waals surface area (Å²) in [5.41, 5.74) is 2.75. The lowest BCUT2D eigenvalue weighted by Crippen LogP contribution is -2.34. The number of carboxylic acids is 2. The SMILES string of the molecule is Cc1cccc(COC[C@@]23CCC[C@@H]2CN(C(=O)c2cccnc2)C3)n1.O=C(O)C(F)(F)F.O=C(O)C(F)(F)F. The molecule has 220 valence electrons. The van der Waals surface area contributed by atoms with Crippen LogP contribution in [0.25, 0.3) is 0 Å². The van der Waals surface area contributed by atoms with E-state index in [1.165, 1.54) is 12.8 Å². The topological polar surface area (TPSA) is 130 Å². The summed E-state index contributed by atoms with van der Waals surface area (Å²) < 4.78 is 69.6. The Morgan fingerprint density at radius 3 is 2.20 bits per heavy atom. The number of fused-ring (bicyclic) bond motifs is 1. The van der Waals surface area contributed by atoms with Crippen molar-refractivity contribution in [1.29, 1.82) is 0 Å². The highest BCUT2D eigenvalue weighted by Crippen LogP contribution is 2.49. The third-order valence-electron chi connectivity index (χ3n) is 6.31. The molecule has 3 heterocycles. The Balaban J connectivity index is 0.000000333. The Hall–Kier alpha value is -3.75. The minimum absolute atomic E-state index is 0.0900. The van der Waals surface area contributed by atoms with E-state index < -0.39 is 24.3 Å². The molecule has 2 aromatic rings. The fourth-order valence-electron chi connectivity index (χ4n) is 4.52. The van der Waals surface area contributed by atoms with Crippen molar-refractivity contribution >= 4 is 17.8 Å². The second kappa shape index (κ2) is 13.5. The average molecular weight is 579 g/mol. The van der Waals surface area contributed by atoms with Crippen molar-refractivity contribution < 1.29 is 55.7 Å². The summed E-state index contributed by atoms with van der Waals surface area (Å²) in [4.78, 5) is 41.2. The maximum atomic E-state index is 12.8. The number of pyridine rings is 2. The van der Waals surface area contributed by atoms with Crippen LogP contribution in [-0.4, -0.2) is 75.0 Å². The summed E-state index contributed by atoms with van der Waals surface area (Å²) in [5.74, 6) is -4.89. The van der Waals surface area contributed by atoms with Crippen LogP contribution in [0.2, 0.25) is 0 Å². The molecule has 2 fully saturated rings. The van der Waals surface area contributed by atoms with Crippen molar-refractivity contribution in [2.75, 3.05) is 19.7 Å². The molecule has 1 aliphatic carbocycles. The lowest BCUT2D eigenvalue weighted by atomic mass is 9.81. The lowest BCUT2D eigenvalue weighted by Gasteiger charge is -2.28. The van der Waals surface area contributed by atoms with E-state index in [0.717, 1.165) is 30.9 Å². The highest BCUT2D eigenvalue weighted by atomic mass is 19.4. The van der Waals surface area contributed by atoms with E-state index in [1.54, 1.807) is 12.4 Å². The zero-order valence-electron chi connectivity index (χ0n) is 21.2. The van der Waals surface area contributed by atoms with Gasteiger partial charge in [0.2, 0.25) is 0 Å². The first-order chi connectivity index (χ1) is 18.5. The monoisotopic (exact) mass is 579 g/mol. The molecule has 0 spiro atoms. The summed E-state index contributed by atoms with van der Waals surface area (Å²) in [6, 6.07) is 9.67. The maximum absolute atomic E-state index is 12.8. The van der Waals surface area contributed by atoms with Crippen molar-refractivity contribution in [3.05, 3.63) is 59.7 Å². The Kier molecular flexibility index (Phi) is 11.0. The van der Waals surface area contributed by atoms with Crippen LogP contribution >= 0.6 is 0 Å². The average Bonchev–Trinajstić information content (AvgIpc) is 3.41. The van der Waals surface area contributed by atoms with Gasteiger partial charge in [-0.25, -0.2) is 9.59 Å². The van der Waals surface area contributed by atoms with E-state index >= 15 is 0 Å². The number of carbonyl (C=O) groups excluding carboxylic acids is 1. The van der Waals surface area contributed by atoms with Gasteiger partial charge in [0.15, 0.2) is 0 Å². The minimum Gasteiger partial charge on any atom is -0.475 e. The standard InChI is InChI=1S/C21H25N3O2.2C2HF3O2/c1-16-5-2-8-19(23-16)13-26-15-21-9-3-7-18(21)12-24(14-21)20(25)17-6-4-10-22-11-17;2*3-2(4,5)1(6)7/h2,4-6,8,10-11,18H,3,7,9,12-15H2,1H3;2*(H,6,7)/t18-,21+;;/m1../s1. The first kappa shape index (κ1) is 32.5. The molecule has 2 atom stereocenters. The van der Waals surface area contributed by atoms with E-state index in [1.807, 2.05) is 42.2 Å². The van der Waals surface area contributed by atoms with Crippen LogP contribution in [-0.2, 0) is 20.9 Å². The lowest BCUT2D eigenvalue weighted by molar-refractivity contribution is -0.193. The third kappa shape index (κ3) is 9.47. The second-order valence-corrected chi connectivity index (χ2v) is 9.25. The van der Waals surface area contributed by atoms with Crippen LogP contribution < -0.4 is 0 Å². The maximum Gasteiger partial charge on any atom is 0.490 e. The van der Waals surface area contributed by atoms with Gasteiger partial charge >= 0.3 is 24.3 Å². The molecule has 1 saturated carbocycles. The second-order valence-electron chi connectivity index (χ2n) is 9.25. The molecular weight excluding hydrogens is 552 g/mol. The number of aryl methyl sites for hydroxylation is 1. The Labute approximate surface area is 224 Å². The Morgan fingerprint density at radius 1 is 1.05 bits per heavy atom. The van der Waals surface area contributed by atoms with Crippen LogP contribution in [0.5, 0.6) is 0 Å². The van der Waals surface area contributed by atoms with Gasteiger partial charge in [0.1, 0.15) is 0 Å². The molecule has 15 heteroatoms. The van der Waals surface area contributed by atoms with Crippen LogP contribution in [0.4, 0.5) is 26.3 Å². The van der Waals surface area contributed by atoms with E-state index in [2.05, 4.69) is 9.97 Å². The summed E-state index contributed by atoms with van der Waals surface area (Å²) >= 11 is 0. The number of hydrogen-bond acceptors (Lipinski definition) is 6. The van der Waals surface area contributed by atoms with Crippen molar-refractivity contribution in [3.63, 3.8) is 0 Å². The number of carboxylic acid groups (broad SMARTS) is 2. The number of ether oxygens (including phenoxy) is 1. The molecule has 0 aromatic carbocycles. The van der Waals surface area contributed by atoms with Crippen molar-refractivity contribution in [3.8, 4) is 0 Å². The van der Waals surface area contributed by atoms with Crippen molar-refractivity contribution in [2.24, 2.45) is 11.3 Å². The molecule has 1 aliphatic heterocycles. The Bertz CT molecular complexity index is 1140. The number of aromatic nitrogens is 2. The number of amides is 1. The zero-order valence-corrected chi connectivity index (χ0v) is 21.2. The summed E-state index contributed by atoms with van der Waals surface area (Å²) in [5, 5.41) is 14.2. The van der Waals surface area contributed by atoms with Crippen molar-refractivity contribution in [1.82, 2.24) is 14.9 Å². The number of halogens is 6. The van der Waals surface area contributed by atoms with Crippen LogP contribution in [0, 0.1) is 18.3 Å². The molecular formula is C25H27F6N3O6. The largest absolute Gasteiger partial charge is 0.490 e. The molecule has 2 aliphatic rings. The van der Waals surface area contributed by atoms with Gasteiger partial charge in [-0.3, -0.25) is 14.8 Å². The smallest absolute Gasteiger partial charge is 0.475 e. The molecule has 1 amide bonds. The fourth-order valence-corrected chi connectivity index (χ4v) is 4.52. The molecule has 1 saturated heterocycles. The number of aliphatic carboxylic acids is 2. The zero-order chi connectivity index (χ0) is 30.1. The van der Waals surface area contributed by atoms with Crippen molar-refractivity contribution in [2.45, 2.75) is 45.1 Å². The van der Waals surface area contributed by atoms with E-state index in [9.17, 15) is 31.1 Å². The molecule has 40 heavy (non-hydrogen) atoms. The van der Waals surface area contributed by atoms with Gasteiger partial charge in [-0.1, -0.05) is 12.5 Å². The van der Waals surface area contributed by atoms with E-state index in [-0.39, 0.29) is 11.3 Å². The number of carbonyl (C=O) groups is 3. The number of alkyl halides is 6. The molecule has 0 bridgehead atoms. The van der Waals surface area contributed by atoms with Gasteiger partial charge in [0, 0.05) is 36.6 Å². The van der Waals surface area contributed by atoms with E-state index in [0.29, 0.717) is 24.7 Å². The molecule has 2 aromatic heterocycles. The third-order valence-corrected chi connectivity index (χ3v) is 6.31. The van der Waals surface area contributed by atoms with E-state index in [4.69, 9.17) is 24.5 Å². The predicted octanol–water partition coefficient (Wildman–Crippen LogP) is 4.51. The van der Waals surface area contributed by atoms with Gasteiger partial charge in [-0.2, -0.15) is 26.3 Å². The highest BCUT2D eigenvalue weighted by molar-refractivity contribution is 5.94. The summed E-state index contributed by atoms with van der Waals surface area (Å²) in [7, 11) is 0. The number of hydrogen-bond donors (Lipinski definition) is 2. The number of nitrogens with zero attached hydrogens (tertiary/aromatic N) is 3. The summed E-state index contributed by atoms with van der Waals surface area (Å²) in [6.07, 6.45) is -3.27. The van der Waals surface area contributed by atoms with Crippen LogP contribution in [0.15, 0.2) is 42.7 Å².